The number of hydrogen-bond acceptors (Lipinski definition) is 6. The van der Waals surface area contributed by atoms with E-state index >= 15 is 0 Å². The van der Waals surface area contributed by atoms with Crippen molar-refractivity contribution in [1.29, 1.82) is 0 Å². The molecule has 1 fully saturated rings. The Kier molecular flexibility index (Phi) is 4.52. The lowest BCUT2D eigenvalue weighted by atomic mass is 9.97. The lowest BCUT2D eigenvalue weighted by molar-refractivity contribution is -0.149. The van der Waals surface area contributed by atoms with E-state index < -0.39 is 0 Å². The molecule has 8 heteroatoms. The first-order valence-electron chi connectivity index (χ1n) is 9.09. The zero-order valence-electron chi connectivity index (χ0n) is 14.7. The average molecular weight is 375 g/mol. The van der Waals surface area contributed by atoms with Gasteiger partial charge in [0.1, 0.15) is 4.83 Å². The normalized spacial score (nSPS) is 17.5. The largest absolute Gasteiger partial charge is 0.466 e. The number of nitrogens with one attached hydrogen (secondary N) is 1. The van der Waals surface area contributed by atoms with E-state index in [4.69, 9.17) is 4.74 Å². The number of fused-ring (bicyclic) bond motifs is 3. The topological polar surface area (TPSA) is 92.4 Å². The number of carbonyl (C=O) groups is 2. The number of ether oxygens (including phenoxy) is 1. The first kappa shape index (κ1) is 17.2. The molecule has 26 heavy (non-hydrogen) atoms. The lowest BCUT2D eigenvalue weighted by Gasteiger charge is -2.30. The summed E-state index contributed by atoms with van der Waals surface area (Å²) >= 11 is 1.53. The molecular formula is C18H21N3O4S. The van der Waals surface area contributed by atoms with Gasteiger partial charge in [0.05, 0.1) is 17.9 Å². The number of rotatable bonds is 3. The summed E-state index contributed by atoms with van der Waals surface area (Å²) in [5.74, 6) is -0.536. The average Bonchev–Trinajstić information content (AvgIpc) is 3.22. The number of aromatic amines is 1. The Hall–Kier alpha value is -2.22. The summed E-state index contributed by atoms with van der Waals surface area (Å²) in [7, 11) is 0. The molecule has 4 rings (SSSR count). The van der Waals surface area contributed by atoms with Gasteiger partial charge in [0.2, 0.25) is 5.82 Å². The van der Waals surface area contributed by atoms with Gasteiger partial charge in [0.15, 0.2) is 0 Å². The first-order chi connectivity index (χ1) is 12.6. The van der Waals surface area contributed by atoms with Crippen molar-refractivity contribution in [1.82, 2.24) is 14.9 Å². The molecule has 0 bridgehead atoms. The summed E-state index contributed by atoms with van der Waals surface area (Å²) in [5.41, 5.74) is 0.882. The third-order valence-corrected chi connectivity index (χ3v) is 6.37. The fourth-order valence-corrected chi connectivity index (χ4v) is 5.09. The number of hydrogen-bond donors (Lipinski definition) is 1. The second kappa shape index (κ2) is 6.83. The number of likely N-dealkylation sites (tertiary alicyclic amines) is 1. The quantitative estimate of drug-likeness (QED) is 0.827. The zero-order chi connectivity index (χ0) is 18.3. The number of aryl methyl sites for hydroxylation is 2. The number of piperidine rings is 1. The van der Waals surface area contributed by atoms with E-state index in [0.717, 1.165) is 24.8 Å². The molecule has 0 radical (unpaired) electrons. The maximum Gasteiger partial charge on any atom is 0.309 e. The molecule has 0 unspecified atom stereocenters. The van der Waals surface area contributed by atoms with Crippen LogP contribution in [0, 0.1) is 5.92 Å². The fraction of sp³-hybridized carbons (Fsp3) is 0.556. The summed E-state index contributed by atoms with van der Waals surface area (Å²) in [6, 6.07) is 0. The van der Waals surface area contributed by atoms with Crippen molar-refractivity contribution >= 4 is 33.4 Å². The first-order valence-corrected chi connectivity index (χ1v) is 9.90. The number of nitrogens with zero attached hydrogens (tertiary/aromatic N) is 2. The van der Waals surface area contributed by atoms with Crippen molar-refractivity contribution in [3.8, 4) is 0 Å². The molecule has 2 aromatic heterocycles. The molecule has 7 nitrogen and oxygen atoms in total. The van der Waals surface area contributed by atoms with Crippen LogP contribution in [0.2, 0.25) is 0 Å². The van der Waals surface area contributed by atoms with Gasteiger partial charge in [-0.25, -0.2) is 4.98 Å². The molecule has 0 saturated carbocycles. The van der Waals surface area contributed by atoms with Gasteiger partial charge in [-0.05, 0) is 44.6 Å². The monoisotopic (exact) mass is 375 g/mol. The minimum absolute atomic E-state index is 0.0945. The molecular weight excluding hydrogens is 354 g/mol. The number of amides is 1. The molecule has 0 atom stereocenters. The molecule has 2 aromatic rings. The Balaban J connectivity index is 1.52. The summed E-state index contributed by atoms with van der Waals surface area (Å²) in [6.07, 6.45) is 4.12. The lowest BCUT2D eigenvalue weighted by Crippen LogP contribution is -2.41. The third kappa shape index (κ3) is 2.92. The van der Waals surface area contributed by atoms with E-state index in [2.05, 4.69) is 9.97 Å². The van der Waals surface area contributed by atoms with Crippen molar-refractivity contribution in [2.45, 2.75) is 39.0 Å². The van der Waals surface area contributed by atoms with E-state index in [1.807, 2.05) is 0 Å². The molecule has 2 aliphatic rings. The number of carbonyl (C=O) groups excluding carboxylic acids is 2. The molecule has 3 heterocycles. The van der Waals surface area contributed by atoms with Crippen LogP contribution in [-0.4, -0.2) is 46.4 Å². The Morgan fingerprint density at radius 2 is 2.08 bits per heavy atom. The minimum atomic E-state index is -0.278. The Morgan fingerprint density at radius 3 is 2.81 bits per heavy atom. The fourth-order valence-electron chi connectivity index (χ4n) is 3.83. The predicted octanol–water partition coefficient (Wildman–Crippen LogP) is 1.89. The summed E-state index contributed by atoms with van der Waals surface area (Å²) in [4.78, 5) is 47.7. The summed E-state index contributed by atoms with van der Waals surface area (Å²) < 4.78 is 5.05. The minimum Gasteiger partial charge on any atom is -0.466 e. The molecule has 138 valence electrons. The van der Waals surface area contributed by atoms with Gasteiger partial charge in [-0.2, -0.15) is 0 Å². The van der Waals surface area contributed by atoms with Crippen LogP contribution in [0.25, 0.3) is 10.2 Å². The third-order valence-electron chi connectivity index (χ3n) is 5.18. The number of H-pyrrole nitrogens is 1. The van der Waals surface area contributed by atoms with Crippen LogP contribution in [0.4, 0.5) is 0 Å². The summed E-state index contributed by atoms with van der Waals surface area (Å²) in [6.45, 7) is 3.08. The van der Waals surface area contributed by atoms with Crippen LogP contribution >= 0.6 is 11.3 Å². The van der Waals surface area contributed by atoms with Gasteiger partial charge in [-0.1, -0.05) is 0 Å². The number of esters is 1. The number of aromatic nitrogens is 2. The molecule has 1 aliphatic carbocycles. The molecule has 1 N–H and O–H groups in total. The van der Waals surface area contributed by atoms with Crippen LogP contribution in [-0.2, 0) is 22.4 Å². The maximum absolute atomic E-state index is 12.8. The number of thiophene rings is 1. The second-order valence-corrected chi connectivity index (χ2v) is 7.85. The van der Waals surface area contributed by atoms with Crippen LogP contribution in [0.1, 0.15) is 47.2 Å². The van der Waals surface area contributed by atoms with Crippen molar-refractivity contribution in [3.05, 3.63) is 26.6 Å². The van der Waals surface area contributed by atoms with Gasteiger partial charge in [-0.3, -0.25) is 14.4 Å². The molecule has 1 amide bonds. The van der Waals surface area contributed by atoms with Crippen LogP contribution in [0.3, 0.4) is 0 Å². The smallest absolute Gasteiger partial charge is 0.309 e. The predicted molar refractivity (Wildman–Crippen MR) is 97.5 cm³/mol. The zero-order valence-corrected chi connectivity index (χ0v) is 15.5. The second-order valence-electron chi connectivity index (χ2n) is 6.77. The van der Waals surface area contributed by atoms with E-state index in [9.17, 15) is 14.4 Å². The van der Waals surface area contributed by atoms with Gasteiger partial charge >= 0.3 is 5.97 Å². The van der Waals surface area contributed by atoms with Gasteiger partial charge in [0, 0.05) is 18.0 Å². The SMILES string of the molecule is CCOC(=O)C1CCN(C(=O)c2nc3sc4c(c3c(=O)[nH]2)CCC4)CC1. The van der Waals surface area contributed by atoms with E-state index in [0.29, 0.717) is 42.8 Å². The van der Waals surface area contributed by atoms with E-state index in [1.165, 1.54) is 16.2 Å². The van der Waals surface area contributed by atoms with Gasteiger partial charge in [0.25, 0.3) is 11.5 Å². The van der Waals surface area contributed by atoms with Crippen LogP contribution < -0.4 is 5.56 Å². The van der Waals surface area contributed by atoms with Crippen molar-refractivity contribution < 1.29 is 14.3 Å². The molecule has 1 aliphatic heterocycles. The van der Waals surface area contributed by atoms with Crippen molar-refractivity contribution in [2.75, 3.05) is 19.7 Å². The maximum atomic E-state index is 12.8. The van der Waals surface area contributed by atoms with E-state index in [-0.39, 0.29) is 29.2 Å². The molecule has 1 saturated heterocycles. The van der Waals surface area contributed by atoms with Crippen molar-refractivity contribution in [3.63, 3.8) is 0 Å². The van der Waals surface area contributed by atoms with Crippen LogP contribution in [0.15, 0.2) is 4.79 Å². The summed E-state index contributed by atoms with van der Waals surface area (Å²) in [5, 5.41) is 0.653. The Morgan fingerprint density at radius 1 is 1.31 bits per heavy atom. The van der Waals surface area contributed by atoms with Gasteiger partial charge < -0.3 is 14.6 Å². The highest BCUT2D eigenvalue weighted by molar-refractivity contribution is 7.18. The Bertz CT molecular complexity index is 924. The highest BCUT2D eigenvalue weighted by atomic mass is 32.1. The Labute approximate surface area is 154 Å². The van der Waals surface area contributed by atoms with Gasteiger partial charge in [-0.15, -0.1) is 11.3 Å². The highest BCUT2D eigenvalue weighted by Gasteiger charge is 2.30. The highest BCUT2D eigenvalue weighted by Crippen LogP contribution is 2.34. The standard InChI is InChI=1S/C18H21N3O4S/c1-2-25-18(24)10-6-8-21(9-7-10)17(23)14-19-15(22)13-11-4-3-5-12(11)26-16(13)20-14/h10H,2-9H2,1H3,(H,19,20,22). The molecule has 0 aromatic carbocycles. The molecule has 0 spiro atoms. The van der Waals surface area contributed by atoms with E-state index in [1.54, 1.807) is 11.8 Å². The van der Waals surface area contributed by atoms with Crippen molar-refractivity contribution in [2.24, 2.45) is 5.92 Å². The van der Waals surface area contributed by atoms with Crippen LogP contribution in [0.5, 0.6) is 0 Å².